The first-order valence-corrected chi connectivity index (χ1v) is 10.3. The Balaban J connectivity index is 1.79. The van der Waals surface area contributed by atoms with Gasteiger partial charge in [0, 0.05) is 18.0 Å². The lowest BCUT2D eigenvalue weighted by Crippen LogP contribution is -2.24. The largest absolute Gasteiger partial charge is 0.485 e. The summed E-state index contributed by atoms with van der Waals surface area (Å²) in [6.45, 7) is 2.15. The lowest BCUT2D eigenvalue weighted by Gasteiger charge is -2.15. The number of carboxylic acids is 2. The number of benzene rings is 3. The highest BCUT2D eigenvalue weighted by molar-refractivity contribution is 5.96. The summed E-state index contributed by atoms with van der Waals surface area (Å²) in [5, 5.41) is 21.2. The molecular weight excluding hydrogens is 422 g/mol. The molecule has 0 saturated carbocycles. The third-order valence-corrected chi connectivity index (χ3v) is 4.83. The van der Waals surface area contributed by atoms with Gasteiger partial charge in [0.2, 0.25) is 0 Å². The molecule has 3 rings (SSSR count). The first-order valence-electron chi connectivity index (χ1n) is 10.3. The molecule has 0 unspecified atom stereocenters. The van der Waals surface area contributed by atoms with Crippen LogP contribution in [0.4, 0.5) is 5.69 Å². The second kappa shape index (κ2) is 11.4. The Bertz CT molecular complexity index is 1100. The number of hydrogen-bond donors (Lipinski definition) is 3. The molecule has 7 heteroatoms. The molecule has 170 valence electrons. The molecule has 7 nitrogen and oxygen atoms in total. The summed E-state index contributed by atoms with van der Waals surface area (Å²) in [5.41, 5.74) is 2.76. The van der Waals surface area contributed by atoms with Crippen LogP contribution in [0.5, 0.6) is 11.5 Å². The average Bonchev–Trinajstić information content (AvgIpc) is 2.81. The van der Waals surface area contributed by atoms with Gasteiger partial charge in [0.1, 0.15) is 13.2 Å². The lowest BCUT2D eigenvalue weighted by atomic mass is 10.0. The highest BCUT2D eigenvalue weighted by Crippen LogP contribution is 2.32. The minimum absolute atomic E-state index is 0.158. The van der Waals surface area contributed by atoms with Crippen LogP contribution in [0.25, 0.3) is 0 Å². The predicted molar refractivity (Wildman–Crippen MR) is 124 cm³/mol. The first kappa shape index (κ1) is 23.4. The van der Waals surface area contributed by atoms with Crippen molar-refractivity contribution in [1.29, 1.82) is 0 Å². The van der Waals surface area contributed by atoms with Crippen molar-refractivity contribution in [3.8, 4) is 11.5 Å². The molecule has 0 amide bonds. The Hall–Kier alpha value is -4.26. The van der Waals surface area contributed by atoms with E-state index in [2.05, 4.69) is 5.32 Å². The Morgan fingerprint density at radius 2 is 1.33 bits per heavy atom. The van der Waals surface area contributed by atoms with Crippen molar-refractivity contribution < 1.29 is 29.3 Å². The van der Waals surface area contributed by atoms with Crippen LogP contribution in [0.2, 0.25) is 0 Å². The van der Waals surface area contributed by atoms with Gasteiger partial charge in [-0.2, -0.15) is 0 Å². The highest BCUT2D eigenvalue weighted by atomic mass is 16.5. The van der Waals surface area contributed by atoms with Gasteiger partial charge in [-0.05, 0) is 35.8 Å². The van der Waals surface area contributed by atoms with Crippen LogP contribution in [-0.2, 0) is 22.8 Å². The quantitative estimate of drug-likeness (QED) is 0.357. The van der Waals surface area contributed by atoms with E-state index < -0.39 is 17.9 Å². The second-order valence-electron chi connectivity index (χ2n) is 7.35. The minimum Gasteiger partial charge on any atom is -0.485 e. The van der Waals surface area contributed by atoms with Gasteiger partial charge in [0.05, 0.1) is 0 Å². The Labute approximate surface area is 191 Å². The summed E-state index contributed by atoms with van der Waals surface area (Å²) in [6, 6.07) is 24.7. The van der Waals surface area contributed by atoms with Gasteiger partial charge in [-0.1, -0.05) is 60.7 Å². The highest BCUT2D eigenvalue weighted by Gasteiger charge is 2.27. The van der Waals surface area contributed by atoms with E-state index in [9.17, 15) is 9.59 Å². The van der Waals surface area contributed by atoms with Crippen molar-refractivity contribution in [2.75, 3.05) is 5.32 Å². The average molecular weight is 447 g/mol. The summed E-state index contributed by atoms with van der Waals surface area (Å²) >= 11 is 0. The van der Waals surface area contributed by atoms with Crippen molar-refractivity contribution in [1.82, 2.24) is 0 Å². The number of ether oxygens (including phenoxy) is 2. The summed E-state index contributed by atoms with van der Waals surface area (Å²) in [6.07, 6.45) is 1.37. The monoisotopic (exact) mass is 447 g/mol. The second-order valence-corrected chi connectivity index (χ2v) is 7.35. The summed E-state index contributed by atoms with van der Waals surface area (Å²) in [7, 11) is 0. The summed E-state index contributed by atoms with van der Waals surface area (Å²) in [5.74, 6) is -3.42. The summed E-state index contributed by atoms with van der Waals surface area (Å²) in [4.78, 5) is 22.4. The van der Waals surface area contributed by atoms with Gasteiger partial charge >= 0.3 is 11.9 Å². The molecule has 0 fully saturated rings. The van der Waals surface area contributed by atoms with E-state index in [1.807, 2.05) is 60.7 Å². The number of hydrogen-bond acceptors (Lipinski definition) is 5. The van der Waals surface area contributed by atoms with Crippen LogP contribution >= 0.6 is 0 Å². The molecule has 0 bridgehead atoms. The topological polar surface area (TPSA) is 105 Å². The van der Waals surface area contributed by atoms with Crippen LogP contribution in [0.1, 0.15) is 18.1 Å². The van der Waals surface area contributed by atoms with E-state index in [-0.39, 0.29) is 5.57 Å². The Morgan fingerprint density at radius 1 is 0.818 bits per heavy atom. The zero-order valence-electron chi connectivity index (χ0n) is 18.1. The first-order chi connectivity index (χ1) is 15.9. The standard InChI is InChI=1S/C26H25NO6/c1-18(24(25(28)29)26(30)31)15-27-21-12-13-22(32-16-19-8-4-2-5-9-19)23(14-21)33-17-20-10-6-3-7-11-20/h2-15,24,27H,16-17H2,1H3,(H,28,29)(H,30,31). The molecule has 0 saturated heterocycles. The van der Waals surface area contributed by atoms with Gasteiger partial charge in [-0.25, -0.2) is 0 Å². The number of nitrogens with one attached hydrogen (secondary N) is 1. The maximum atomic E-state index is 11.2. The van der Waals surface area contributed by atoms with Crippen molar-refractivity contribution >= 4 is 17.6 Å². The van der Waals surface area contributed by atoms with Gasteiger partial charge in [0.25, 0.3) is 0 Å². The molecule has 0 aliphatic heterocycles. The minimum atomic E-state index is -1.63. The van der Waals surface area contributed by atoms with E-state index in [1.54, 1.807) is 18.2 Å². The van der Waals surface area contributed by atoms with Crippen LogP contribution in [0, 0.1) is 5.92 Å². The van der Waals surface area contributed by atoms with E-state index >= 15 is 0 Å². The predicted octanol–water partition coefficient (Wildman–Crippen LogP) is 4.95. The van der Waals surface area contributed by atoms with Crippen molar-refractivity contribution in [3.63, 3.8) is 0 Å². The smallest absolute Gasteiger partial charge is 0.322 e. The number of carbonyl (C=O) groups is 2. The molecular formula is C26H25NO6. The van der Waals surface area contributed by atoms with Crippen LogP contribution in [-0.4, -0.2) is 22.2 Å². The molecule has 0 heterocycles. The van der Waals surface area contributed by atoms with Crippen LogP contribution in [0.3, 0.4) is 0 Å². The van der Waals surface area contributed by atoms with Gasteiger partial charge in [-0.15, -0.1) is 0 Å². The van der Waals surface area contributed by atoms with Gasteiger partial charge in [0.15, 0.2) is 17.4 Å². The molecule has 3 N–H and O–H groups in total. The number of aliphatic carboxylic acids is 2. The summed E-state index contributed by atoms with van der Waals surface area (Å²) < 4.78 is 12.0. The fourth-order valence-electron chi connectivity index (χ4n) is 3.08. The molecule has 3 aromatic rings. The van der Waals surface area contributed by atoms with Crippen molar-refractivity contribution in [2.45, 2.75) is 20.1 Å². The molecule has 3 aromatic carbocycles. The third-order valence-electron chi connectivity index (χ3n) is 4.83. The number of anilines is 1. The fourth-order valence-corrected chi connectivity index (χ4v) is 3.08. The van der Waals surface area contributed by atoms with Crippen LogP contribution in [0.15, 0.2) is 90.6 Å². The molecule has 33 heavy (non-hydrogen) atoms. The maximum Gasteiger partial charge on any atom is 0.322 e. The molecule has 0 aromatic heterocycles. The van der Waals surface area contributed by atoms with Gasteiger partial charge < -0.3 is 25.0 Å². The number of carboxylic acid groups (broad SMARTS) is 2. The van der Waals surface area contributed by atoms with E-state index in [0.717, 1.165) is 11.1 Å². The lowest BCUT2D eigenvalue weighted by molar-refractivity contribution is -0.152. The van der Waals surface area contributed by atoms with E-state index in [0.29, 0.717) is 30.4 Å². The zero-order chi connectivity index (χ0) is 23.6. The Morgan fingerprint density at radius 3 is 1.85 bits per heavy atom. The molecule has 0 radical (unpaired) electrons. The van der Waals surface area contributed by atoms with Gasteiger partial charge in [-0.3, -0.25) is 9.59 Å². The van der Waals surface area contributed by atoms with E-state index in [4.69, 9.17) is 19.7 Å². The number of rotatable bonds is 11. The fraction of sp³-hybridized carbons (Fsp3) is 0.154. The third kappa shape index (κ3) is 6.87. The zero-order valence-corrected chi connectivity index (χ0v) is 18.1. The van der Waals surface area contributed by atoms with Crippen LogP contribution < -0.4 is 14.8 Å². The van der Waals surface area contributed by atoms with Crippen molar-refractivity contribution in [3.05, 3.63) is 102 Å². The molecule has 0 spiro atoms. The van der Waals surface area contributed by atoms with E-state index in [1.165, 1.54) is 13.1 Å². The Kier molecular flexibility index (Phi) is 8.07. The maximum absolute atomic E-state index is 11.2. The molecule has 0 atom stereocenters. The normalized spacial score (nSPS) is 11.2. The van der Waals surface area contributed by atoms with Crippen molar-refractivity contribution in [2.24, 2.45) is 5.92 Å². The molecule has 0 aliphatic carbocycles. The SMILES string of the molecule is CC(=CNc1ccc(OCc2ccccc2)c(OCc2ccccc2)c1)C(C(=O)O)C(=O)O. The molecule has 0 aliphatic rings.